The summed E-state index contributed by atoms with van der Waals surface area (Å²) in [5, 5.41) is 13.6. The van der Waals surface area contributed by atoms with Crippen LogP contribution in [0, 0.1) is 24.1 Å². The second kappa shape index (κ2) is 15.5. The fourth-order valence-electron chi connectivity index (χ4n) is 2.92. The lowest BCUT2D eigenvalue weighted by Crippen LogP contribution is -2.32. The molecule has 0 atom stereocenters. The molecule has 0 aromatic heterocycles. The van der Waals surface area contributed by atoms with E-state index in [-0.39, 0.29) is 12.4 Å². The quantitative estimate of drug-likeness (QED) is 0.464. The number of ether oxygens (including phenoxy) is 1. The van der Waals surface area contributed by atoms with Crippen LogP contribution in [0.2, 0.25) is 0 Å². The van der Waals surface area contributed by atoms with Gasteiger partial charge in [-0.05, 0) is 62.4 Å². The van der Waals surface area contributed by atoms with Crippen LogP contribution < -0.4 is 10.6 Å². The van der Waals surface area contributed by atoms with Crippen molar-refractivity contribution in [2.24, 2.45) is 0 Å². The van der Waals surface area contributed by atoms with Crippen LogP contribution in [-0.2, 0) is 11.2 Å². The molecule has 0 aliphatic carbocycles. The van der Waals surface area contributed by atoms with Crippen LogP contribution in [0.25, 0.3) is 16.8 Å². The molecule has 0 fully saturated rings. The molecule has 34 heavy (non-hydrogen) atoms. The van der Waals surface area contributed by atoms with Crippen molar-refractivity contribution in [3.63, 3.8) is 0 Å². The van der Waals surface area contributed by atoms with Gasteiger partial charge in [0, 0.05) is 17.8 Å². The summed E-state index contributed by atoms with van der Waals surface area (Å²) in [6.07, 6.45) is 0.426. The van der Waals surface area contributed by atoms with Gasteiger partial charge in [-0.15, -0.1) is 0 Å². The number of nitriles is 1. The van der Waals surface area contributed by atoms with E-state index in [4.69, 9.17) is 10.00 Å². The zero-order valence-electron chi connectivity index (χ0n) is 21.9. The molecule has 1 heterocycles. The fraction of sp³-hybridized carbons (Fsp3) is 0.429. The number of carbonyl (C=O) groups is 1. The largest absolute Gasteiger partial charge is 0.444 e. The van der Waals surface area contributed by atoms with E-state index < -0.39 is 11.7 Å². The molecule has 2 aromatic rings. The first kappa shape index (κ1) is 30.7. The number of nitrogens with zero attached hydrogens (tertiary/aromatic N) is 1. The smallest absolute Gasteiger partial charge is 0.408 e. The summed E-state index contributed by atoms with van der Waals surface area (Å²) < 4.78 is 18.5. The van der Waals surface area contributed by atoms with Gasteiger partial charge in [0.05, 0.1) is 6.07 Å². The van der Waals surface area contributed by atoms with Crippen molar-refractivity contribution in [1.82, 2.24) is 10.6 Å². The number of rotatable bonds is 2. The third kappa shape index (κ3) is 10.5. The lowest BCUT2D eigenvalue weighted by atomic mass is 9.93. The zero-order valence-corrected chi connectivity index (χ0v) is 21.9. The molecule has 1 aliphatic heterocycles. The molecule has 186 valence electrons. The minimum atomic E-state index is -0.556. The maximum atomic E-state index is 13.6. The number of aryl methyl sites for hydroxylation is 1. The number of benzene rings is 2. The molecule has 0 spiro atoms. The number of hydrogen-bond acceptors (Lipinski definition) is 4. The summed E-state index contributed by atoms with van der Waals surface area (Å²) in [4.78, 5) is 10.7. The van der Waals surface area contributed by atoms with E-state index in [1.54, 1.807) is 39.8 Å². The van der Waals surface area contributed by atoms with Gasteiger partial charge in [0.1, 0.15) is 18.0 Å². The Labute approximate surface area is 205 Å². The highest BCUT2D eigenvalue weighted by Crippen LogP contribution is 2.28. The van der Waals surface area contributed by atoms with Crippen molar-refractivity contribution in [3.8, 4) is 17.2 Å². The highest BCUT2D eigenvalue weighted by atomic mass is 19.1. The van der Waals surface area contributed by atoms with Gasteiger partial charge in [0.25, 0.3) is 0 Å². The fourth-order valence-corrected chi connectivity index (χ4v) is 2.92. The number of alkyl carbamates (subject to hydrolysis) is 1. The second-order valence-corrected chi connectivity index (χ2v) is 8.00. The maximum absolute atomic E-state index is 13.6. The molecule has 0 saturated heterocycles. The third-order valence-corrected chi connectivity index (χ3v) is 4.38. The maximum Gasteiger partial charge on any atom is 0.408 e. The van der Waals surface area contributed by atoms with E-state index in [1.807, 2.05) is 45.9 Å². The van der Waals surface area contributed by atoms with Gasteiger partial charge in [-0.25, -0.2) is 9.18 Å². The predicted octanol–water partition coefficient (Wildman–Crippen LogP) is 7.00. The molecule has 2 aromatic carbocycles. The van der Waals surface area contributed by atoms with Crippen molar-refractivity contribution in [2.75, 3.05) is 13.1 Å². The van der Waals surface area contributed by atoms with Crippen molar-refractivity contribution in [3.05, 3.63) is 65.5 Å². The van der Waals surface area contributed by atoms with Crippen LogP contribution in [0.5, 0.6) is 0 Å². The van der Waals surface area contributed by atoms with E-state index in [0.29, 0.717) is 5.56 Å². The second-order valence-electron chi connectivity index (χ2n) is 8.00. The average molecular weight is 470 g/mol. The van der Waals surface area contributed by atoms with Gasteiger partial charge in [0.2, 0.25) is 0 Å². The van der Waals surface area contributed by atoms with Crippen molar-refractivity contribution >= 4 is 11.8 Å². The molecule has 6 heteroatoms. The standard InChI is InChI=1S/C17H16FN.C7H12N2O2.2C2H6/c1-11-3-4-14(10-17(11)18)13-5-6-16-12(2)19-8-7-15(16)9-13;1-7(2,3)11-6(10)9-5-4-8;2*1-2/h3-6,9-10,19H,2,7-8H2,1H3;5H2,1-3H3,(H,9,10);2*1-2H3. The van der Waals surface area contributed by atoms with Crippen LogP contribution >= 0.6 is 0 Å². The first-order valence-electron chi connectivity index (χ1n) is 11.8. The van der Waals surface area contributed by atoms with Crippen molar-refractivity contribution in [1.29, 1.82) is 5.26 Å². The lowest BCUT2D eigenvalue weighted by Gasteiger charge is -2.21. The number of nitrogens with one attached hydrogen (secondary N) is 2. The topological polar surface area (TPSA) is 74.2 Å². The van der Waals surface area contributed by atoms with Crippen LogP contribution in [-0.4, -0.2) is 24.8 Å². The Morgan fingerprint density at radius 1 is 1.15 bits per heavy atom. The molecule has 0 bridgehead atoms. The summed E-state index contributed by atoms with van der Waals surface area (Å²) in [6.45, 7) is 20.0. The van der Waals surface area contributed by atoms with E-state index in [2.05, 4.69) is 29.3 Å². The summed E-state index contributed by atoms with van der Waals surface area (Å²) in [7, 11) is 0. The van der Waals surface area contributed by atoms with E-state index in [0.717, 1.165) is 29.8 Å². The SMILES string of the molecule is C=C1NCCc2cc(-c3ccc(C)c(F)c3)ccc21.CC.CC.CC(C)(C)OC(=O)NCC#N. The number of carbonyl (C=O) groups excluding carboxylic acids is 1. The predicted molar refractivity (Wildman–Crippen MR) is 140 cm³/mol. The van der Waals surface area contributed by atoms with Crippen molar-refractivity contribution in [2.45, 2.75) is 67.4 Å². The summed E-state index contributed by atoms with van der Waals surface area (Å²) in [5.41, 5.74) is 5.59. The Hall–Kier alpha value is -3.33. The first-order chi connectivity index (χ1) is 16.1. The van der Waals surface area contributed by atoms with E-state index >= 15 is 0 Å². The normalized spacial score (nSPS) is 11.4. The van der Waals surface area contributed by atoms with Gasteiger partial charge in [-0.1, -0.05) is 64.6 Å². The van der Waals surface area contributed by atoms with Crippen LogP contribution in [0.4, 0.5) is 9.18 Å². The monoisotopic (exact) mass is 469 g/mol. The highest BCUT2D eigenvalue weighted by molar-refractivity contribution is 5.73. The van der Waals surface area contributed by atoms with Crippen LogP contribution in [0.15, 0.2) is 43.0 Å². The molecular formula is C28H40FN3O2. The molecule has 1 aliphatic rings. The van der Waals surface area contributed by atoms with Gasteiger partial charge < -0.3 is 15.4 Å². The molecule has 3 rings (SSSR count). The van der Waals surface area contributed by atoms with Gasteiger partial charge in [-0.2, -0.15) is 5.26 Å². The Morgan fingerprint density at radius 3 is 2.29 bits per heavy atom. The van der Waals surface area contributed by atoms with E-state index in [9.17, 15) is 9.18 Å². The molecule has 0 saturated carbocycles. The highest BCUT2D eigenvalue weighted by Gasteiger charge is 2.15. The van der Waals surface area contributed by atoms with E-state index in [1.165, 1.54) is 11.1 Å². The number of halogens is 1. The molecule has 1 amide bonds. The van der Waals surface area contributed by atoms with Crippen LogP contribution in [0.1, 0.15) is 65.2 Å². The minimum Gasteiger partial charge on any atom is -0.444 e. The summed E-state index contributed by atoms with van der Waals surface area (Å²) in [6, 6.07) is 13.4. The Morgan fingerprint density at radius 2 is 1.74 bits per heavy atom. The summed E-state index contributed by atoms with van der Waals surface area (Å²) in [5.74, 6) is -0.152. The van der Waals surface area contributed by atoms with Gasteiger partial charge in [-0.3, -0.25) is 0 Å². The molecular weight excluding hydrogens is 429 g/mol. The number of fused-ring (bicyclic) bond motifs is 1. The molecule has 0 radical (unpaired) electrons. The Kier molecular flexibility index (Phi) is 14.0. The first-order valence-corrected chi connectivity index (χ1v) is 11.8. The molecule has 2 N–H and O–H groups in total. The Bertz CT molecular complexity index is 973. The Balaban J connectivity index is 0.000000626. The van der Waals surface area contributed by atoms with Gasteiger partial charge in [0.15, 0.2) is 0 Å². The summed E-state index contributed by atoms with van der Waals surface area (Å²) >= 11 is 0. The number of amides is 1. The van der Waals surface area contributed by atoms with Crippen LogP contribution in [0.3, 0.4) is 0 Å². The van der Waals surface area contributed by atoms with Crippen molar-refractivity contribution < 1.29 is 13.9 Å². The minimum absolute atomic E-state index is 0.0189. The molecule has 0 unspecified atom stereocenters. The number of hydrogen-bond donors (Lipinski definition) is 2. The third-order valence-electron chi connectivity index (χ3n) is 4.38. The average Bonchev–Trinajstić information content (AvgIpc) is 2.81. The molecule has 5 nitrogen and oxygen atoms in total. The van der Waals surface area contributed by atoms with Gasteiger partial charge >= 0.3 is 6.09 Å². The zero-order chi connectivity index (χ0) is 26.3. The lowest BCUT2D eigenvalue weighted by molar-refractivity contribution is 0.0535.